The Morgan fingerprint density at radius 2 is 1.61 bits per heavy atom. The van der Waals surface area contributed by atoms with Gasteiger partial charge in [-0.2, -0.15) is 4.31 Å². The Hall–Kier alpha value is -3.42. The molecular formula is C24H22N2O4S. The number of rotatable bonds is 8. The second-order valence-electron chi connectivity index (χ2n) is 7.20. The molecule has 1 heterocycles. The van der Waals surface area contributed by atoms with Crippen LogP contribution in [0.4, 0.5) is 5.69 Å². The van der Waals surface area contributed by atoms with Crippen molar-refractivity contribution in [2.45, 2.75) is 11.4 Å². The number of ketones is 1. The van der Waals surface area contributed by atoms with Gasteiger partial charge in [-0.05, 0) is 42.0 Å². The van der Waals surface area contributed by atoms with Gasteiger partial charge in [-0.1, -0.05) is 48.5 Å². The number of carbonyl (C=O) groups excluding carboxylic acids is 1. The lowest BCUT2D eigenvalue weighted by Gasteiger charge is -2.17. The van der Waals surface area contributed by atoms with E-state index in [1.165, 1.54) is 16.4 Å². The van der Waals surface area contributed by atoms with E-state index in [0.717, 1.165) is 10.9 Å². The highest BCUT2D eigenvalue weighted by Gasteiger charge is 2.21. The van der Waals surface area contributed by atoms with Crippen LogP contribution in [0.25, 0.3) is 11.0 Å². The fourth-order valence-electron chi connectivity index (χ4n) is 3.24. The summed E-state index contributed by atoms with van der Waals surface area (Å²) in [5, 5.41) is 3.89. The predicted molar refractivity (Wildman–Crippen MR) is 121 cm³/mol. The number of para-hydroxylation sites is 1. The maximum absolute atomic E-state index is 12.8. The van der Waals surface area contributed by atoms with Crippen LogP contribution >= 0.6 is 0 Å². The van der Waals surface area contributed by atoms with E-state index in [4.69, 9.17) is 4.42 Å². The first-order chi connectivity index (χ1) is 14.9. The number of hydrogen-bond acceptors (Lipinski definition) is 5. The maximum atomic E-state index is 12.8. The average molecular weight is 435 g/mol. The van der Waals surface area contributed by atoms with E-state index in [0.29, 0.717) is 11.3 Å². The molecule has 4 aromatic rings. The van der Waals surface area contributed by atoms with Crippen LogP contribution in [0.2, 0.25) is 0 Å². The summed E-state index contributed by atoms with van der Waals surface area (Å²) < 4.78 is 32.5. The molecule has 0 unspecified atom stereocenters. The molecule has 0 bridgehead atoms. The smallest absolute Gasteiger partial charge is 0.243 e. The molecule has 31 heavy (non-hydrogen) atoms. The van der Waals surface area contributed by atoms with Crippen LogP contribution in [0, 0.1) is 0 Å². The Bertz CT molecular complexity index is 1260. The Morgan fingerprint density at radius 1 is 0.935 bits per heavy atom. The van der Waals surface area contributed by atoms with Gasteiger partial charge in [0, 0.05) is 24.7 Å². The number of fused-ring (bicyclic) bond motifs is 1. The van der Waals surface area contributed by atoms with Gasteiger partial charge < -0.3 is 9.73 Å². The molecule has 1 N–H and O–H groups in total. The van der Waals surface area contributed by atoms with Gasteiger partial charge >= 0.3 is 0 Å². The molecule has 0 spiro atoms. The summed E-state index contributed by atoms with van der Waals surface area (Å²) in [5.41, 5.74) is 2.23. The molecule has 6 nitrogen and oxygen atoms in total. The standard InChI is InChI=1S/C24H22N2O4S/c1-26(17-18-7-3-2-4-8-18)31(28,29)21-13-11-20(12-14-21)25-16-22(27)24-15-19-9-5-6-10-23(19)30-24/h2-15,25H,16-17H2,1H3. The molecule has 0 fully saturated rings. The van der Waals surface area contributed by atoms with E-state index in [-0.39, 0.29) is 29.5 Å². The van der Waals surface area contributed by atoms with Gasteiger partial charge in [-0.25, -0.2) is 8.42 Å². The third-order valence-electron chi connectivity index (χ3n) is 4.96. The molecular weight excluding hydrogens is 412 g/mol. The number of benzene rings is 3. The maximum Gasteiger partial charge on any atom is 0.243 e. The molecule has 0 amide bonds. The second-order valence-corrected chi connectivity index (χ2v) is 9.24. The van der Waals surface area contributed by atoms with E-state index in [1.54, 1.807) is 25.2 Å². The lowest BCUT2D eigenvalue weighted by Crippen LogP contribution is -2.26. The Labute approximate surface area is 181 Å². The van der Waals surface area contributed by atoms with Gasteiger partial charge in [-0.15, -0.1) is 0 Å². The SMILES string of the molecule is CN(Cc1ccccc1)S(=O)(=O)c1ccc(NCC(=O)c2cc3ccccc3o2)cc1. The normalized spacial score (nSPS) is 11.7. The quantitative estimate of drug-likeness (QED) is 0.412. The summed E-state index contributed by atoms with van der Waals surface area (Å²) in [6, 6.07) is 24.9. The summed E-state index contributed by atoms with van der Waals surface area (Å²) in [7, 11) is -2.06. The van der Waals surface area contributed by atoms with Crippen LogP contribution < -0.4 is 5.32 Å². The highest BCUT2D eigenvalue weighted by molar-refractivity contribution is 7.89. The van der Waals surface area contributed by atoms with Gasteiger partial charge in [0.1, 0.15) is 5.58 Å². The van der Waals surface area contributed by atoms with Crippen LogP contribution in [-0.2, 0) is 16.6 Å². The Balaban J connectivity index is 1.39. The number of nitrogens with one attached hydrogen (secondary N) is 1. The minimum absolute atomic E-state index is 0.0415. The molecule has 158 valence electrons. The van der Waals surface area contributed by atoms with Gasteiger partial charge in [-0.3, -0.25) is 4.79 Å². The van der Waals surface area contributed by atoms with Crippen molar-refractivity contribution in [3.05, 3.63) is 96.3 Å². The Morgan fingerprint density at radius 3 is 2.32 bits per heavy atom. The monoisotopic (exact) mass is 434 g/mol. The summed E-state index contributed by atoms with van der Waals surface area (Å²) >= 11 is 0. The zero-order valence-corrected chi connectivity index (χ0v) is 17.8. The van der Waals surface area contributed by atoms with Crippen LogP contribution in [0.1, 0.15) is 16.1 Å². The summed E-state index contributed by atoms with van der Waals surface area (Å²) in [4.78, 5) is 12.6. The lowest BCUT2D eigenvalue weighted by atomic mass is 10.2. The molecule has 0 aliphatic rings. The number of hydrogen-bond donors (Lipinski definition) is 1. The van der Waals surface area contributed by atoms with Crippen molar-refractivity contribution in [2.75, 3.05) is 18.9 Å². The molecule has 4 rings (SSSR count). The van der Waals surface area contributed by atoms with Crippen LogP contribution in [-0.4, -0.2) is 32.1 Å². The minimum Gasteiger partial charge on any atom is -0.453 e. The minimum atomic E-state index is -3.62. The number of furan rings is 1. The number of carbonyl (C=O) groups is 1. The number of anilines is 1. The third-order valence-corrected chi connectivity index (χ3v) is 6.78. The highest BCUT2D eigenvalue weighted by atomic mass is 32.2. The van der Waals surface area contributed by atoms with E-state index in [1.807, 2.05) is 54.6 Å². The second kappa shape index (κ2) is 8.75. The van der Waals surface area contributed by atoms with Crippen molar-refractivity contribution >= 4 is 32.5 Å². The van der Waals surface area contributed by atoms with Crippen LogP contribution in [0.5, 0.6) is 0 Å². The molecule has 3 aromatic carbocycles. The molecule has 0 aliphatic heterocycles. The van der Waals surface area contributed by atoms with Crippen LogP contribution in [0.3, 0.4) is 0 Å². The van der Waals surface area contributed by atoms with Crippen LogP contribution in [0.15, 0.2) is 94.2 Å². The van der Waals surface area contributed by atoms with Gasteiger partial charge in [0.05, 0.1) is 11.4 Å². The first kappa shape index (κ1) is 20.8. The third kappa shape index (κ3) is 4.68. The summed E-state index contributed by atoms with van der Waals surface area (Å²) in [5.74, 6) is 0.103. The molecule has 0 aliphatic carbocycles. The Kier molecular flexibility index (Phi) is 5.88. The largest absolute Gasteiger partial charge is 0.453 e. The first-order valence-corrected chi connectivity index (χ1v) is 11.2. The van der Waals surface area contributed by atoms with E-state index >= 15 is 0 Å². The molecule has 1 aromatic heterocycles. The van der Waals surface area contributed by atoms with Crippen molar-refractivity contribution in [1.82, 2.24) is 4.31 Å². The molecule has 0 saturated carbocycles. The van der Waals surface area contributed by atoms with Crippen molar-refractivity contribution in [3.63, 3.8) is 0 Å². The van der Waals surface area contributed by atoms with Gasteiger partial charge in [0.2, 0.25) is 15.8 Å². The van der Waals surface area contributed by atoms with Crippen molar-refractivity contribution in [3.8, 4) is 0 Å². The highest BCUT2D eigenvalue weighted by Crippen LogP contribution is 2.21. The molecule has 0 atom stereocenters. The van der Waals surface area contributed by atoms with E-state index in [2.05, 4.69) is 5.32 Å². The van der Waals surface area contributed by atoms with E-state index in [9.17, 15) is 13.2 Å². The fraction of sp³-hybridized carbons (Fsp3) is 0.125. The number of sulfonamides is 1. The van der Waals surface area contributed by atoms with E-state index < -0.39 is 10.0 Å². The fourth-order valence-corrected chi connectivity index (χ4v) is 4.40. The molecule has 7 heteroatoms. The first-order valence-electron chi connectivity index (χ1n) is 9.79. The molecule has 0 radical (unpaired) electrons. The molecule has 0 saturated heterocycles. The topological polar surface area (TPSA) is 79.6 Å². The summed E-state index contributed by atoms with van der Waals surface area (Å²) in [6.45, 7) is 0.328. The lowest BCUT2D eigenvalue weighted by molar-refractivity contribution is 0.0982. The predicted octanol–water partition coefficient (Wildman–Crippen LogP) is 4.55. The van der Waals surface area contributed by atoms with Gasteiger partial charge in [0.25, 0.3) is 0 Å². The van der Waals surface area contributed by atoms with Crippen molar-refractivity contribution in [2.24, 2.45) is 0 Å². The van der Waals surface area contributed by atoms with Gasteiger partial charge in [0.15, 0.2) is 5.76 Å². The van der Waals surface area contributed by atoms with Crippen molar-refractivity contribution < 1.29 is 17.6 Å². The zero-order valence-electron chi connectivity index (χ0n) is 17.0. The zero-order chi connectivity index (χ0) is 21.8. The number of Topliss-reactive ketones (excluding diaryl/α,β-unsaturated/α-hetero) is 1. The average Bonchev–Trinajstić information content (AvgIpc) is 3.23. The number of nitrogens with zero attached hydrogens (tertiary/aromatic N) is 1. The summed E-state index contributed by atoms with van der Waals surface area (Å²) in [6.07, 6.45) is 0. The van der Waals surface area contributed by atoms with Crippen molar-refractivity contribution in [1.29, 1.82) is 0 Å².